The zero-order valence-corrected chi connectivity index (χ0v) is 14.1. The van der Waals surface area contributed by atoms with E-state index >= 15 is 0 Å². The van der Waals surface area contributed by atoms with Gasteiger partial charge in [-0.15, -0.1) is 0 Å². The van der Waals surface area contributed by atoms with Gasteiger partial charge in [0.15, 0.2) is 0 Å². The summed E-state index contributed by atoms with van der Waals surface area (Å²) in [6, 6.07) is 7.31. The van der Waals surface area contributed by atoms with E-state index in [0.717, 1.165) is 25.9 Å². The van der Waals surface area contributed by atoms with E-state index in [0.29, 0.717) is 24.4 Å². The van der Waals surface area contributed by atoms with Gasteiger partial charge in [0.25, 0.3) is 0 Å². The number of carbonyl (C=O) groups excluding carboxylic acids is 1. The summed E-state index contributed by atoms with van der Waals surface area (Å²) in [7, 11) is 0. The van der Waals surface area contributed by atoms with Crippen LogP contribution in [-0.4, -0.2) is 36.5 Å². The van der Waals surface area contributed by atoms with Crippen molar-refractivity contribution in [2.75, 3.05) is 24.5 Å². The Balaban J connectivity index is 1.75. The maximum atomic E-state index is 12.6. The monoisotopic (exact) mass is 300 g/mol. The standard InChI is InChI=1S/C19H28N2O/c1-4-21(17-8-9-17)19(22)13-20-11-5-6-16-12-15(14(2)3)7-10-18(16)20/h7,10,12,14,17H,4-6,8-9,11,13H2,1-3H3. The highest BCUT2D eigenvalue weighted by Gasteiger charge is 2.32. The molecule has 1 aliphatic heterocycles. The van der Waals surface area contributed by atoms with E-state index in [1.165, 1.54) is 29.7 Å². The molecular weight excluding hydrogens is 272 g/mol. The molecule has 0 bridgehead atoms. The molecule has 0 saturated heterocycles. The minimum atomic E-state index is 0.297. The highest BCUT2D eigenvalue weighted by molar-refractivity contribution is 5.82. The molecule has 1 amide bonds. The van der Waals surface area contributed by atoms with Crippen LogP contribution in [0.15, 0.2) is 18.2 Å². The third-order valence-electron chi connectivity index (χ3n) is 4.96. The molecule has 0 unspecified atom stereocenters. The third-order valence-corrected chi connectivity index (χ3v) is 4.96. The van der Waals surface area contributed by atoms with Gasteiger partial charge in [-0.05, 0) is 55.7 Å². The molecule has 1 aromatic rings. The number of nitrogens with zero attached hydrogens (tertiary/aromatic N) is 2. The first-order valence-electron chi connectivity index (χ1n) is 8.77. The second-order valence-electron chi connectivity index (χ2n) is 6.98. The topological polar surface area (TPSA) is 23.6 Å². The van der Waals surface area contributed by atoms with E-state index < -0.39 is 0 Å². The average molecular weight is 300 g/mol. The molecule has 1 fully saturated rings. The van der Waals surface area contributed by atoms with Crippen LogP contribution >= 0.6 is 0 Å². The van der Waals surface area contributed by atoms with Crippen molar-refractivity contribution >= 4 is 11.6 Å². The maximum Gasteiger partial charge on any atom is 0.242 e. The Bertz CT molecular complexity index is 548. The highest BCUT2D eigenvalue weighted by Crippen LogP contribution is 2.31. The van der Waals surface area contributed by atoms with Gasteiger partial charge in [-0.3, -0.25) is 4.79 Å². The third kappa shape index (κ3) is 3.13. The predicted octanol–water partition coefficient (Wildman–Crippen LogP) is 3.57. The Kier molecular flexibility index (Phi) is 4.42. The molecular formula is C19H28N2O. The Hall–Kier alpha value is -1.51. The fourth-order valence-electron chi connectivity index (χ4n) is 3.50. The first-order chi connectivity index (χ1) is 10.6. The largest absolute Gasteiger partial charge is 0.362 e. The number of carbonyl (C=O) groups is 1. The summed E-state index contributed by atoms with van der Waals surface area (Å²) in [6.07, 6.45) is 4.67. The lowest BCUT2D eigenvalue weighted by molar-refractivity contribution is -0.130. The predicted molar refractivity (Wildman–Crippen MR) is 91.5 cm³/mol. The summed E-state index contributed by atoms with van der Waals surface area (Å²) in [5, 5.41) is 0. The number of benzene rings is 1. The van der Waals surface area contributed by atoms with Crippen molar-refractivity contribution in [1.82, 2.24) is 4.90 Å². The molecule has 120 valence electrons. The first-order valence-corrected chi connectivity index (χ1v) is 8.77. The summed E-state index contributed by atoms with van der Waals surface area (Å²) in [6.45, 7) is 8.95. The number of likely N-dealkylation sites (N-methyl/N-ethyl adjacent to an activating group) is 1. The summed E-state index contributed by atoms with van der Waals surface area (Å²) in [4.78, 5) is 16.9. The van der Waals surface area contributed by atoms with Gasteiger partial charge in [-0.25, -0.2) is 0 Å². The van der Waals surface area contributed by atoms with Crippen molar-refractivity contribution in [3.8, 4) is 0 Å². The van der Waals surface area contributed by atoms with Gasteiger partial charge in [0.2, 0.25) is 5.91 Å². The van der Waals surface area contributed by atoms with Gasteiger partial charge < -0.3 is 9.80 Å². The van der Waals surface area contributed by atoms with Gasteiger partial charge >= 0.3 is 0 Å². The molecule has 0 N–H and O–H groups in total. The van der Waals surface area contributed by atoms with E-state index in [-0.39, 0.29) is 0 Å². The number of aryl methyl sites for hydroxylation is 1. The first kappa shape index (κ1) is 15.4. The van der Waals surface area contributed by atoms with Crippen LogP contribution in [0.25, 0.3) is 0 Å². The second kappa shape index (κ2) is 6.31. The zero-order valence-electron chi connectivity index (χ0n) is 14.1. The fraction of sp³-hybridized carbons (Fsp3) is 0.632. The molecule has 1 aliphatic carbocycles. The minimum Gasteiger partial charge on any atom is -0.362 e. The van der Waals surface area contributed by atoms with E-state index in [9.17, 15) is 4.79 Å². The Morgan fingerprint density at radius 2 is 2.14 bits per heavy atom. The van der Waals surface area contributed by atoms with Crippen LogP contribution in [0.2, 0.25) is 0 Å². The second-order valence-corrected chi connectivity index (χ2v) is 6.98. The minimum absolute atomic E-state index is 0.297. The van der Waals surface area contributed by atoms with Crippen LogP contribution in [0.4, 0.5) is 5.69 Å². The Morgan fingerprint density at radius 1 is 1.36 bits per heavy atom. The molecule has 1 heterocycles. The van der Waals surface area contributed by atoms with E-state index in [2.05, 4.69) is 48.8 Å². The Morgan fingerprint density at radius 3 is 2.77 bits per heavy atom. The van der Waals surface area contributed by atoms with Gasteiger partial charge in [-0.2, -0.15) is 0 Å². The van der Waals surface area contributed by atoms with Gasteiger partial charge in [-0.1, -0.05) is 26.0 Å². The van der Waals surface area contributed by atoms with Crippen LogP contribution in [0.1, 0.15) is 57.1 Å². The molecule has 0 radical (unpaired) electrons. The molecule has 1 saturated carbocycles. The van der Waals surface area contributed by atoms with Crippen molar-refractivity contribution in [3.63, 3.8) is 0 Å². The molecule has 0 spiro atoms. The number of hydrogen-bond donors (Lipinski definition) is 0. The quantitative estimate of drug-likeness (QED) is 0.830. The molecule has 2 aliphatic rings. The number of fused-ring (bicyclic) bond motifs is 1. The van der Waals surface area contributed by atoms with Crippen LogP contribution in [0, 0.1) is 0 Å². The normalized spacial score (nSPS) is 17.5. The van der Waals surface area contributed by atoms with Gasteiger partial charge in [0.05, 0.1) is 6.54 Å². The summed E-state index contributed by atoms with van der Waals surface area (Å²) in [5.74, 6) is 0.860. The van der Waals surface area contributed by atoms with Crippen molar-refractivity contribution < 1.29 is 4.79 Å². The fourth-order valence-corrected chi connectivity index (χ4v) is 3.50. The average Bonchev–Trinajstić information content (AvgIpc) is 3.32. The molecule has 0 atom stereocenters. The lowest BCUT2D eigenvalue weighted by Crippen LogP contribution is -2.43. The number of amides is 1. The maximum absolute atomic E-state index is 12.6. The lowest BCUT2D eigenvalue weighted by Gasteiger charge is -2.33. The number of hydrogen-bond acceptors (Lipinski definition) is 2. The lowest BCUT2D eigenvalue weighted by atomic mass is 9.95. The van der Waals surface area contributed by atoms with Gasteiger partial charge in [0.1, 0.15) is 0 Å². The van der Waals surface area contributed by atoms with Crippen LogP contribution in [-0.2, 0) is 11.2 Å². The Labute approximate surface area is 134 Å². The molecule has 3 nitrogen and oxygen atoms in total. The summed E-state index contributed by atoms with van der Waals surface area (Å²) < 4.78 is 0. The van der Waals surface area contributed by atoms with Crippen molar-refractivity contribution in [1.29, 1.82) is 0 Å². The van der Waals surface area contributed by atoms with Gasteiger partial charge in [0, 0.05) is 24.8 Å². The summed E-state index contributed by atoms with van der Waals surface area (Å²) >= 11 is 0. The molecule has 22 heavy (non-hydrogen) atoms. The smallest absolute Gasteiger partial charge is 0.242 e. The van der Waals surface area contributed by atoms with Crippen LogP contribution in [0.3, 0.4) is 0 Å². The number of rotatable bonds is 5. The van der Waals surface area contributed by atoms with Crippen molar-refractivity contribution in [2.45, 2.75) is 58.4 Å². The van der Waals surface area contributed by atoms with Crippen molar-refractivity contribution in [3.05, 3.63) is 29.3 Å². The molecule has 3 rings (SSSR count). The van der Waals surface area contributed by atoms with Crippen LogP contribution < -0.4 is 4.90 Å². The number of anilines is 1. The van der Waals surface area contributed by atoms with E-state index in [1.54, 1.807) is 0 Å². The molecule has 1 aromatic carbocycles. The van der Waals surface area contributed by atoms with Crippen molar-refractivity contribution in [2.24, 2.45) is 0 Å². The van der Waals surface area contributed by atoms with E-state index in [4.69, 9.17) is 0 Å². The molecule has 0 aromatic heterocycles. The zero-order chi connectivity index (χ0) is 15.7. The van der Waals surface area contributed by atoms with Crippen LogP contribution in [0.5, 0.6) is 0 Å². The SMILES string of the molecule is CCN(C(=O)CN1CCCc2cc(C(C)C)ccc21)C1CC1. The van der Waals surface area contributed by atoms with E-state index in [1.807, 2.05) is 0 Å². The highest BCUT2D eigenvalue weighted by atomic mass is 16.2. The molecule has 3 heteroatoms. The summed E-state index contributed by atoms with van der Waals surface area (Å²) in [5.41, 5.74) is 4.09.